The van der Waals surface area contributed by atoms with Crippen molar-refractivity contribution in [2.45, 2.75) is 20.8 Å². The van der Waals surface area contributed by atoms with Crippen LogP contribution in [0.1, 0.15) is 16.8 Å². The molecule has 1 aliphatic heterocycles. The van der Waals surface area contributed by atoms with Crippen molar-refractivity contribution in [3.63, 3.8) is 0 Å². The Kier molecular flexibility index (Phi) is 4.24. The van der Waals surface area contributed by atoms with E-state index in [9.17, 15) is 0 Å². The van der Waals surface area contributed by atoms with Gasteiger partial charge in [-0.3, -0.25) is 0 Å². The molecule has 22 heavy (non-hydrogen) atoms. The van der Waals surface area contributed by atoms with Crippen molar-refractivity contribution in [3.05, 3.63) is 41.1 Å². The lowest BCUT2D eigenvalue weighted by Gasteiger charge is -2.27. The molecule has 2 aromatic rings. The number of rotatable bonds is 3. The Hall–Kier alpha value is -2.14. The molecule has 3 rings (SSSR count). The molecule has 1 saturated heterocycles. The number of ether oxygens (including phenoxy) is 1. The molecule has 5 nitrogen and oxygen atoms in total. The van der Waals surface area contributed by atoms with E-state index in [4.69, 9.17) is 4.74 Å². The van der Waals surface area contributed by atoms with Crippen LogP contribution in [0.3, 0.4) is 0 Å². The molecular weight excluding hydrogens is 276 g/mol. The molecule has 1 fully saturated rings. The van der Waals surface area contributed by atoms with Gasteiger partial charge in [0.1, 0.15) is 5.82 Å². The fraction of sp³-hybridized carbons (Fsp3) is 0.412. The maximum atomic E-state index is 5.39. The Labute approximate surface area is 131 Å². The minimum absolute atomic E-state index is 0.733. The number of anilines is 3. The smallest absolute Gasteiger partial charge is 0.227 e. The van der Waals surface area contributed by atoms with Crippen LogP contribution in [0, 0.1) is 20.8 Å². The highest BCUT2D eigenvalue weighted by Crippen LogP contribution is 2.22. The van der Waals surface area contributed by atoms with E-state index in [1.165, 1.54) is 11.1 Å². The van der Waals surface area contributed by atoms with Crippen LogP contribution in [-0.4, -0.2) is 36.3 Å². The molecule has 0 amide bonds. The fourth-order valence-corrected chi connectivity index (χ4v) is 2.53. The zero-order valence-corrected chi connectivity index (χ0v) is 13.4. The summed E-state index contributed by atoms with van der Waals surface area (Å²) in [5.74, 6) is 1.61. The molecule has 2 heterocycles. The normalized spacial score (nSPS) is 15.0. The third kappa shape index (κ3) is 3.36. The minimum Gasteiger partial charge on any atom is -0.378 e. The van der Waals surface area contributed by atoms with E-state index < -0.39 is 0 Å². The predicted molar refractivity (Wildman–Crippen MR) is 89.0 cm³/mol. The first kappa shape index (κ1) is 14.8. The lowest BCUT2D eigenvalue weighted by Crippen LogP contribution is -2.37. The van der Waals surface area contributed by atoms with Crippen LogP contribution in [0.5, 0.6) is 0 Å². The molecule has 0 atom stereocenters. The second kappa shape index (κ2) is 6.32. The second-order valence-corrected chi connectivity index (χ2v) is 5.74. The Morgan fingerprint density at radius 1 is 1.05 bits per heavy atom. The maximum Gasteiger partial charge on any atom is 0.227 e. The van der Waals surface area contributed by atoms with Gasteiger partial charge in [0.05, 0.1) is 13.2 Å². The summed E-state index contributed by atoms with van der Waals surface area (Å²) >= 11 is 0. The summed E-state index contributed by atoms with van der Waals surface area (Å²) in [7, 11) is 0. The van der Waals surface area contributed by atoms with Gasteiger partial charge in [0, 0.05) is 30.5 Å². The molecule has 0 aliphatic carbocycles. The third-order valence-electron chi connectivity index (χ3n) is 3.79. The van der Waals surface area contributed by atoms with E-state index in [2.05, 4.69) is 52.2 Å². The monoisotopic (exact) mass is 298 g/mol. The van der Waals surface area contributed by atoms with Crippen LogP contribution in [0.4, 0.5) is 17.5 Å². The van der Waals surface area contributed by atoms with Gasteiger partial charge in [-0.1, -0.05) is 12.1 Å². The van der Waals surface area contributed by atoms with Crippen molar-refractivity contribution in [3.8, 4) is 0 Å². The zero-order chi connectivity index (χ0) is 15.5. The minimum atomic E-state index is 0.733. The van der Waals surface area contributed by atoms with Crippen LogP contribution < -0.4 is 10.2 Å². The third-order valence-corrected chi connectivity index (χ3v) is 3.79. The number of nitrogens with zero attached hydrogens (tertiary/aromatic N) is 3. The number of hydrogen-bond acceptors (Lipinski definition) is 5. The van der Waals surface area contributed by atoms with E-state index in [1.807, 2.05) is 13.0 Å². The van der Waals surface area contributed by atoms with Gasteiger partial charge >= 0.3 is 0 Å². The summed E-state index contributed by atoms with van der Waals surface area (Å²) in [5.41, 5.74) is 4.48. The standard InChI is InChI=1S/C17H22N4O/c1-12-4-5-13(2)15(10-12)19-16-11-14(3)18-17(20-16)21-6-8-22-9-7-21/h4-5,10-11H,6-9H2,1-3H3,(H,18,19,20). The summed E-state index contributed by atoms with van der Waals surface area (Å²) in [6.07, 6.45) is 0. The maximum absolute atomic E-state index is 5.39. The Bertz CT molecular complexity index is 666. The van der Waals surface area contributed by atoms with Gasteiger partial charge in [-0.2, -0.15) is 4.98 Å². The van der Waals surface area contributed by atoms with Gasteiger partial charge in [-0.05, 0) is 38.0 Å². The predicted octanol–water partition coefficient (Wildman–Crippen LogP) is 2.98. The highest BCUT2D eigenvalue weighted by Gasteiger charge is 2.15. The largest absolute Gasteiger partial charge is 0.378 e. The Balaban J connectivity index is 1.87. The van der Waals surface area contributed by atoms with Crippen molar-refractivity contribution in [1.82, 2.24) is 9.97 Å². The molecule has 1 aromatic heterocycles. The van der Waals surface area contributed by atoms with Crippen LogP contribution in [0.25, 0.3) is 0 Å². The Morgan fingerprint density at radius 2 is 1.82 bits per heavy atom. The van der Waals surface area contributed by atoms with Crippen LogP contribution in [-0.2, 0) is 4.74 Å². The second-order valence-electron chi connectivity index (χ2n) is 5.74. The first-order valence-electron chi connectivity index (χ1n) is 7.64. The molecule has 1 N–H and O–H groups in total. The molecule has 0 spiro atoms. The van der Waals surface area contributed by atoms with Gasteiger partial charge in [-0.15, -0.1) is 0 Å². The van der Waals surface area contributed by atoms with Crippen LogP contribution in [0.2, 0.25) is 0 Å². The highest BCUT2D eigenvalue weighted by atomic mass is 16.5. The average molecular weight is 298 g/mol. The van der Waals surface area contributed by atoms with Crippen molar-refractivity contribution >= 4 is 17.5 Å². The van der Waals surface area contributed by atoms with E-state index in [1.54, 1.807) is 0 Å². The topological polar surface area (TPSA) is 50.3 Å². The number of aromatic nitrogens is 2. The molecule has 5 heteroatoms. The number of hydrogen-bond donors (Lipinski definition) is 1. The average Bonchev–Trinajstić information content (AvgIpc) is 2.51. The van der Waals surface area contributed by atoms with Crippen molar-refractivity contribution in [2.24, 2.45) is 0 Å². The van der Waals surface area contributed by atoms with Crippen LogP contribution in [0.15, 0.2) is 24.3 Å². The SMILES string of the molecule is Cc1ccc(C)c(Nc2cc(C)nc(N3CCOCC3)n2)c1. The summed E-state index contributed by atoms with van der Waals surface area (Å²) in [6.45, 7) is 9.33. The summed E-state index contributed by atoms with van der Waals surface area (Å²) < 4.78 is 5.39. The lowest BCUT2D eigenvalue weighted by atomic mass is 10.1. The molecule has 1 aromatic carbocycles. The van der Waals surface area contributed by atoms with Crippen molar-refractivity contribution in [2.75, 3.05) is 36.5 Å². The van der Waals surface area contributed by atoms with Crippen molar-refractivity contribution in [1.29, 1.82) is 0 Å². The number of morpholine rings is 1. The molecule has 0 unspecified atom stereocenters. The molecule has 0 radical (unpaired) electrons. The van der Waals surface area contributed by atoms with Gasteiger partial charge in [0.25, 0.3) is 0 Å². The quantitative estimate of drug-likeness (QED) is 0.944. The molecule has 0 bridgehead atoms. The first-order valence-corrected chi connectivity index (χ1v) is 7.64. The van der Waals surface area contributed by atoms with Crippen LogP contribution >= 0.6 is 0 Å². The molecule has 1 aliphatic rings. The molecular formula is C17H22N4O. The molecule has 0 saturated carbocycles. The number of aryl methyl sites for hydroxylation is 3. The van der Waals surface area contributed by atoms with Gasteiger partial charge in [-0.25, -0.2) is 4.98 Å². The number of benzene rings is 1. The highest BCUT2D eigenvalue weighted by molar-refractivity contribution is 5.62. The summed E-state index contributed by atoms with van der Waals surface area (Å²) in [5, 5.41) is 3.42. The van der Waals surface area contributed by atoms with Gasteiger partial charge < -0.3 is 15.0 Å². The zero-order valence-electron chi connectivity index (χ0n) is 13.4. The summed E-state index contributed by atoms with van der Waals surface area (Å²) in [6, 6.07) is 8.35. The first-order chi connectivity index (χ1) is 10.6. The van der Waals surface area contributed by atoms with E-state index >= 15 is 0 Å². The molecule has 116 valence electrons. The fourth-order valence-electron chi connectivity index (χ4n) is 2.53. The Morgan fingerprint density at radius 3 is 2.59 bits per heavy atom. The summed E-state index contributed by atoms with van der Waals surface area (Å²) in [4.78, 5) is 11.4. The van der Waals surface area contributed by atoms with Gasteiger partial charge in [0.2, 0.25) is 5.95 Å². The van der Waals surface area contributed by atoms with E-state index in [-0.39, 0.29) is 0 Å². The number of nitrogens with one attached hydrogen (secondary N) is 1. The van der Waals surface area contributed by atoms with E-state index in [0.717, 1.165) is 49.5 Å². The van der Waals surface area contributed by atoms with Gasteiger partial charge in [0.15, 0.2) is 0 Å². The lowest BCUT2D eigenvalue weighted by molar-refractivity contribution is 0.122. The van der Waals surface area contributed by atoms with E-state index in [0.29, 0.717) is 0 Å². The van der Waals surface area contributed by atoms with Crippen molar-refractivity contribution < 1.29 is 4.74 Å².